The zero-order valence-corrected chi connectivity index (χ0v) is 9.13. The average Bonchev–Trinajstić information content (AvgIpc) is 2.55. The summed E-state index contributed by atoms with van der Waals surface area (Å²) in [5, 5.41) is 0.667. The van der Waals surface area contributed by atoms with E-state index in [-0.39, 0.29) is 0 Å². The summed E-state index contributed by atoms with van der Waals surface area (Å²) in [6.45, 7) is 2.34. The monoisotopic (exact) mass is 227 g/mol. The fraction of sp³-hybridized carbons (Fsp3) is 0.273. The molecule has 1 heterocycles. The van der Waals surface area contributed by atoms with Gasteiger partial charge in [-0.3, -0.25) is 0 Å². The van der Waals surface area contributed by atoms with Crippen LogP contribution in [0.1, 0.15) is 17.4 Å². The lowest BCUT2D eigenvalue weighted by atomic mass is 10.1. The van der Waals surface area contributed by atoms with Crippen LogP contribution in [0.15, 0.2) is 12.1 Å². The number of nitrogens with two attached hydrogens (primary N) is 1. The van der Waals surface area contributed by atoms with Crippen LogP contribution in [0.2, 0.25) is 0 Å². The first-order valence-electron chi connectivity index (χ1n) is 4.76. The Hall–Kier alpha value is -1.00. The molecule has 0 fully saturated rings. The Balaban J connectivity index is 2.82. The number of hydrogen-bond acceptors (Lipinski definition) is 2. The van der Waals surface area contributed by atoms with Crippen molar-refractivity contribution in [3.05, 3.63) is 34.2 Å². The molecule has 2 rings (SSSR count). The summed E-state index contributed by atoms with van der Waals surface area (Å²) >= 11 is 1.32. The third kappa shape index (κ3) is 1.64. The van der Waals surface area contributed by atoms with Gasteiger partial charge in [0.2, 0.25) is 0 Å². The van der Waals surface area contributed by atoms with Gasteiger partial charge in [-0.1, -0.05) is 6.92 Å². The lowest BCUT2D eigenvalue weighted by molar-refractivity contribution is 0.593. The lowest BCUT2D eigenvalue weighted by Crippen LogP contribution is -1.96. The molecule has 0 atom stereocenters. The van der Waals surface area contributed by atoms with E-state index < -0.39 is 11.6 Å². The molecular weight excluding hydrogens is 216 g/mol. The smallest absolute Gasteiger partial charge is 0.143 e. The Bertz CT molecular complexity index is 505. The maximum Gasteiger partial charge on any atom is 0.143 e. The van der Waals surface area contributed by atoms with Crippen LogP contribution in [0.5, 0.6) is 0 Å². The number of rotatable bonds is 2. The molecule has 0 unspecified atom stereocenters. The molecule has 15 heavy (non-hydrogen) atoms. The van der Waals surface area contributed by atoms with E-state index in [9.17, 15) is 8.78 Å². The van der Waals surface area contributed by atoms with Gasteiger partial charge >= 0.3 is 0 Å². The van der Waals surface area contributed by atoms with E-state index in [1.54, 1.807) is 0 Å². The molecule has 0 saturated heterocycles. The topological polar surface area (TPSA) is 26.0 Å². The molecule has 0 aliphatic carbocycles. The van der Waals surface area contributed by atoms with Crippen molar-refractivity contribution in [3.8, 4) is 0 Å². The Morgan fingerprint density at radius 3 is 2.67 bits per heavy atom. The number of fused-ring (bicyclic) bond motifs is 1. The average molecular weight is 227 g/mol. The first kappa shape index (κ1) is 10.5. The zero-order chi connectivity index (χ0) is 11.0. The van der Waals surface area contributed by atoms with Crippen LogP contribution < -0.4 is 5.73 Å². The second-order valence-corrected chi connectivity index (χ2v) is 4.43. The number of benzene rings is 1. The van der Waals surface area contributed by atoms with E-state index in [4.69, 9.17) is 5.73 Å². The number of hydrogen-bond donors (Lipinski definition) is 1. The van der Waals surface area contributed by atoms with Crippen LogP contribution in [-0.2, 0) is 13.0 Å². The second-order valence-electron chi connectivity index (χ2n) is 3.33. The predicted octanol–water partition coefficient (Wildman–Crippen LogP) is 3.20. The molecule has 1 nitrogen and oxygen atoms in total. The van der Waals surface area contributed by atoms with Gasteiger partial charge in [0.05, 0.1) is 4.70 Å². The number of aryl methyl sites for hydroxylation is 1. The molecule has 80 valence electrons. The van der Waals surface area contributed by atoms with Crippen LogP contribution in [0.25, 0.3) is 10.1 Å². The summed E-state index contributed by atoms with van der Waals surface area (Å²) in [4.78, 5) is 0.942. The molecule has 4 heteroatoms. The second kappa shape index (κ2) is 3.87. The zero-order valence-electron chi connectivity index (χ0n) is 8.31. The highest BCUT2D eigenvalue weighted by Gasteiger charge is 2.13. The van der Waals surface area contributed by atoms with Gasteiger partial charge in [-0.15, -0.1) is 11.3 Å². The van der Waals surface area contributed by atoms with Gasteiger partial charge in [0, 0.05) is 22.9 Å². The largest absolute Gasteiger partial charge is 0.326 e. The first-order chi connectivity index (χ1) is 7.17. The highest BCUT2D eigenvalue weighted by Crippen LogP contribution is 2.33. The van der Waals surface area contributed by atoms with Gasteiger partial charge in [0.1, 0.15) is 11.6 Å². The summed E-state index contributed by atoms with van der Waals surface area (Å²) in [7, 11) is 0. The SMILES string of the molecule is CCc1c(CN)sc2c(F)cc(F)cc12. The van der Waals surface area contributed by atoms with Gasteiger partial charge < -0.3 is 5.73 Å². The van der Waals surface area contributed by atoms with E-state index in [0.29, 0.717) is 16.6 Å². The molecule has 0 saturated carbocycles. The van der Waals surface area contributed by atoms with Crippen molar-refractivity contribution in [2.45, 2.75) is 19.9 Å². The summed E-state index contributed by atoms with van der Waals surface area (Å²) in [6.07, 6.45) is 0.745. The van der Waals surface area contributed by atoms with Crippen molar-refractivity contribution in [1.82, 2.24) is 0 Å². The molecule has 0 aliphatic heterocycles. The molecule has 2 aromatic rings. The highest BCUT2D eigenvalue weighted by molar-refractivity contribution is 7.19. The van der Waals surface area contributed by atoms with Gasteiger partial charge in [-0.2, -0.15) is 0 Å². The minimum atomic E-state index is -0.531. The summed E-state index contributed by atoms with van der Waals surface area (Å²) in [5.74, 6) is -1.03. The van der Waals surface area contributed by atoms with Crippen molar-refractivity contribution >= 4 is 21.4 Å². The summed E-state index contributed by atoms with van der Waals surface area (Å²) in [6, 6.07) is 2.30. The molecule has 1 aromatic heterocycles. The van der Waals surface area contributed by atoms with E-state index in [1.165, 1.54) is 17.4 Å². The van der Waals surface area contributed by atoms with Gasteiger partial charge in [0.25, 0.3) is 0 Å². The molecule has 0 spiro atoms. The first-order valence-corrected chi connectivity index (χ1v) is 5.58. The van der Waals surface area contributed by atoms with Crippen LogP contribution in [0, 0.1) is 11.6 Å². The van der Waals surface area contributed by atoms with Gasteiger partial charge in [0.15, 0.2) is 0 Å². The molecule has 0 aliphatic rings. The molecule has 0 amide bonds. The predicted molar refractivity (Wildman–Crippen MR) is 59.0 cm³/mol. The van der Waals surface area contributed by atoms with E-state index in [1.807, 2.05) is 6.92 Å². The standard InChI is InChI=1S/C11H11F2NS/c1-2-7-8-3-6(12)4-9(13)11(8)15-10(7)5-14/h3-4H,2,5,14H2,1H3. The maximum atomic E-state index is 13.4. The normalized spacial score (nSPS) is 11.2. The quantitative estimate of drug-likeness (QED) is 0.837. The van der Waals surface area contributed by atoms with Gasteiger partial charge in [-0.05, 0) is 18.1 Å². The highest BCUT2D eigenvalue weighted by atomic mass is 32.1. The van der Waals surface area contributed by atoms with E-state index >= 15 is 0 Å². The Labute approximate surface area is 90.5 Å². The maximum absolute atomic E-state index is 13.4. The summed E-state index contributed by atoms with van der Waals surface area (Å²) < 4.78 is 27.0. The van der Waals surface area contributed by atoms with Crippen molar-refractivity contribution in [1.29, 1.82) is 0 Å². The Morgan fingerprint density at radius 1 is 1.33 bits per heavy atom. The molecule has 2 N–H and O–H groups in total. The lowest BCUT2D eigenvalue weighted by Gasteiger charge is -1.98. The molecule has 0 radical (unpaired) electrons. The molecule has 0 bridgehead atoms. The van der Waals surface area contributed by atoms with Crippen molar-refractivity contribution < 1.29 is 8.78 Å². The van der Waals surface area contributed by atoms with Crippen LogP contribution >= 0.6 is 11.3 Å². The Kier molecular flexibility index (Phi) is 2.71. The fourth-order valence-corrected chi connectivity index (χ4v) is 2.93. The fourth-order valence-electron chi connectivity index (χ4n) is 1.78. The van der Waals surface area contributed by atoms with Crippen molar-refractivity contribution in [2.24, 2.45) is 5.73 Å². The van der Waals surface area contributed by atoms with Crippen molar-refractivity contribution in [3.63, 3.8) is 0 Å². The molecular formula is C11H11F2NS. The van der Waals surface area contributed by atoms with Crippen LogP contribution in [-0.4, -0.2) is 0 Å². The number of thiophene rings is 1. The number of halogens is 2. The third-order valence-electron chi connectivity index (χ3n) is 2.43. The van der Waals surface area contributed by atoms with E-state index in [2.05, 4.69) is 0 Å². The van der Waals surface area contributed by atoms with Crippen LogP contribution in [0.3, 0.4) is 0 Å². The van der Waals surface area contributed by atoms with Crippen molar-refractivity contribution in [2.75, 3.05) is 0 Å². The minimum Gasteiger partial charge on any atom is -0.326 e. The Morgan fingerprint density at radius 2 is 2.07 bits per heavy atom. The van der Waals surface area contributed by atoms with Gasteiger partial charge in [-0.25, -0.2) is 8.78 Å². The molecule has 1 aromatic carbocycles. The minimum absolute atomic E-state index is 0.379. The third-order valence-corrected chi connectivity index (χ3v) is 3.71. The van der Waals surface area contributed by atoms with Crippen LogP contribution in [0.4, 0.5) is 8.78 Å². The summed E-state index contributed by atoms with van der Waals surface area (Å²) in [5.41, 5.74) is 6.54. The van der Waals surface area contributed by atoms with E-state index in [0.717, 1.165) is 22.9 Å².